The summed E-state index contributed by atoms with van der Waals surface area (Å²) in [6.07, 6.45) is 4.64. The molecule has 1 aromatic carbocycles. The first kappa shape index (κ1) is 15.4. The maximum atomic E-state index is 12.9. The highest BCUT2D eigenvalue weighted by molar-refractivity contribution is 6.04. The summed E-state index contributed by atoms with van der Waals surface area (Å²) in [6.45, 7) is 1.09. The van der Waals surface area contributed by atoms with Crippen LogP contribution in [0.2, 0.25) is 0 Å². The molecule has 0 radical (unpaired) electrons. The minimum atomic E-state index is -0.196. The number of carbonyl (C=O) groups excluding carboxylic acids is 2. The van der Waals surface area contributed by atoms with Crippen molar-refractivity contribution in [2.45, 2.75) is 18.9 Å². The van der Waals surface area contributed by atoms with E-state index in [4.69, 9.17) is 4.42 Å². The van der Waals surface area contributed by atoms with E-state index in [2.05, 4.69) is 15.5 Å². The predicted octanol–water partition coefficient (Wildman–Crippen LogP) is 2.19. The zero-order valence-electron chi connectivity index (χ0n) is 13.6. The molecule has 128 valence electrons. The molecular formula is C18H18N4O3. The number of aromatic amines is 1. The monoisotopic (exact) mass is 338 g/mol. The second-order valence-electron chi connectivity index (χ2n) is 6.13. The third-order valence-electron chi connectivity index (χ3n) is 4.59. The molecule has 0 spiro atoms. The van der Waals surface area contributed by atoms with Gasteiger partial charge in [-0.25, -0.2) is 0 Å². The van der Waals surface area contributed by atoms with Gasteiger partial charge in [0.2, 0.25) is 0 Å². The molecule has 1 aliphatic rings. The fourth-order valence-corrected chi connectivity index (χ4v) is 3.28. The highest BCUT2D eigenvalue weighted by atomic mass is 16.3. The zero-order valence-corrected chi connectivity index (χ0v) is 13.6. The molecule has 1 fully saturated rings. The van der Waals surface area contributed by atoms with Gasteiger partial charge in [-0.15, -0.1) is 0 Å². The third-order valence-corrected chi connectivity index (χ3v) is 4.59. The number of nitrogens with zero attached hydrogens (tertiary/aromatic N) is 2. The second-order valence-corrected chi connectivity index (χ2v) is 6.13. The number of hydrogen-bond donors (Lipinski definition) is 2. The molecule has 25 heavy (non-hydrogen) atoms. The van der Waals surface area contributed by atoms with Crippen molar-refractivity contribution in [2.24, 2.45) is 0 Å². The molecule has 0 unspecified atom stereocenters. The molecule has 0 saturated carbocycles. The van der Waals surface area contributed by atoms with Gasteiger partial charge in [0.25, 0.3) is 11.8 Å². The van der Waals surface area contributed by atoms with Gasteiger partial charge in [-0.05, 0) is 25.0 Å². The number of H-pyrrole nitrogens is 1. The van der Waals surface area contributed by atoms with Crippen LogP contribution < -0.4 is 5.32 Å². The summed E-state index contributed by atoms with van der Waals surface area (Å²) in [5, 5.41) is 10.8. The standard InChI is InChI=1S/C18H18N4O3/c23-17(12-7-9-25-11-12)19-10-13-4-3-8-22(13)18(24)16-14-5-1-2-6-15(14)20-21-16/h1-2,5-7,9,11,13H,3-4,8,10H2,(H,19,23)(H,20,21)/t13-/m0/s1. The molecule has 3 aromatic rings. The van der Waals surface area contributed by atoms with Gasteiger partial charge in [0.1, 0.15) is 6.26 Å². The van der Waals surface area contributed by atoms with Crippen LogP contribution in [0.25, 0.3) is 10.9 Å². The van der Waals surface area contributed by atoms with Crippen molar-refractivity contribution in [3.8, 4) is 0 Å². The summed E-state index contributed by atoms with van der Waals surface area (Å²) in [4.78, 5) is 26.8. The Hall–Kier alpha value is -3.09. The number of hydrogen-bond acceptors (Lipinski definition) is 4. The predicted molar refractivity (Wildman–Crippen MR) is 91.2 cm³/mol. The van der Waals surface area contributed by atoms with Crippen molar-refractivity contribution in [3.63, 3.8) is 0 Å². The van der Waals surface area contributed by atoms with Crippen LogP contribution in [0.4, 0.5) is 0 Å². The van der Waals surface area contributed by atoms with E-state index in [1.807, 2.05) is 24.3 Å². The van der Waals surface area contributed by atoms with Crippen molar-refractivity contribution in [1.29, 1.82) is 0 Å². The molecule has 2 amide bonds. The molecule has 2 aromatic heterocycles. The van der Waals surface area contributed by atoms with E-state index in [0.29, 0.717) is 24.3 Å². The van der Waals surface area contributed by atoms with Gasteiger partial charge in [-0.1, -0.05) is 18.2 Å². The van der Waals surface area contributed by atoms with Crippen LogP contribution in [-0.2, 0) is 0 Å². The van der Waals surface area contributed by atoms with E-state index in [1.165, 1.54) is 12.5 Å². The number of rotatable bonds is 4. The number of carbonyl (C=O) groups is 2. The first-order chi connectivity index (χ1) is 12.2. The van der Waals surface area contributed by atoms with Crippen LogP contribution in [-0.4, -0.2) is 46.0 Å². The lowest BCUT2D eigenvalue weighted by Crippen LogP contribution is -2.43. The quantitative estimate of drug-likeness (QED) is 0.763. The number of nitrogens with one attached hydrogen (secondary N) is 2. The lowest BCUT2D eigenvalue weighted by Gasteiger charge is -2.24. The van der Waals surface area contributed by atoms with Gasteiger partial charge >= 0.3 is 0 Å². The molecule has 1 saturated heterocycles. The number of fused-ring (bicyclic) bond motifs is 1. The fourth-order valence-electron chi connectivity index (χ4n) is 3.28. The van der Waals surface area contributed by atoms with Crippen molar-refractivity contribution in [2.75, 3.05) is 13.1 Å². The van der Waals surface area contributed by atoms with Gasteiger partial charge in [-0.3, -0.25) is 14.7 Å². The lowest BCUT2D eigenvalue weighted by molar-refractivity contribution is 0.0721. The highest BCUT2D eigenvalue weighted by Crippen LogP contribution is 2.23. The summed E-state index contributed by atoms with van der Waals surface area (Å²) >= 11 is 0. The minimum absolute atomic E-state index is 0.0289. The van der Waals surface area contributed by atoms with Crippen molar-refractivity contribution >= 4 is 22.7 Å². The Labute approximate surface area is 144 Å². The topological polar surface area (TPSA) is 91.2 Å². The number of benzene rings is 1. The van der Waals surface area contributed by atoms with E-state index in [1.54, 1.807) is 11.0 Å². The van der Waals surface area contributed by atoms with Gasteiger partial charge in [-0.2, -0.15) is 5.10 Å². The average molecular weight is 338 g/mol. The number of aromatic nitrogens is 2. The first-order valence-electron chi connectivity index (χ1n) is 8.28. The highest BCUT2D eigenvalue weighted by Gasteiger charge is 2.31. The Bertz CT molecular complexity index is 900. The van der Waals surface area contributed by atoms with E-state index in [9.17, 15) is 9.59 Å². The normalized spacial score (nSPS) is 17.1. The molecule has 7 heteroatoms. The van der Waals surface area contributed by atoms with Gasteiger partial charge in [0, 0.05) is 24.5 Å². The number of para-hydroxylation sites is 1. The molecule has 7 nitrogen and oxygen atoms in total. The van der Waals surface area contributed by atoms with Crippen LogP contribution in [0.5, 0.6) is 0 Å². The minimum Gasteiger partial charge on any atom is -0.472 e. The number of likely N-dealkylation sites (tertiary alicyclic amines) is 1. The Kier molecular flexibility index (Phi) is 3.97. The smallest absolute Gasteiger partial charge is 0.275 e. The van der Waals surface area contributed by atoms with Crippen LogP contribution >= 0.6 is 0 Å². The zero-order chi connectivity index (χ0) is 17.2. The average Bonchev–Trinajstić information content (AvgIpc) is 3.39. The van der Waals surface area contributed by atoms with Crippen molar-refractivity contribution in [3.05, 3.63) is 54.1 Å². The number of amides is 2. The van der Waals surface area contributed by atoms with E-state index >= 15 is 0 Å². The molecule has 1 atom stereocenters. The fraction of sp³-hybridized carbons (Fsp3) is 0.278. The summed E-state index contributed by atoms with van der Waals surface area (Å²) in [7, 11) is 0. The molecule has 1 aliphatic heterocycles. The summed E-state index contributed by atoms with van der Waals surface area (Å²) in [5.41, 5.74) is 1.76. The van der Waals surface area contributed by atoms with E-state index < -0.39 is 0 Å². The van der Waals surface area contributed by atoms with Gasteiger partial charge in [0.15, 0.2) is 5.69 Å². The Morgan fingerprint density at radius 3 is 3.04 bits per heavy atom. The Morgan fingerprint density at radius 1 is 1.32 bits per heavy atom. The lowest BCUT2D eigenvalue weighted by atomic mass is 10.1. The molecule has 4 rings (SSSR count). The summed E-state index contributed by atoms with van der Waals surface area (Å²) in [5.74, 6) is -0.296. The summed E-state index contributed by atoms with van der Waals surface area (Å²) < 4.78 is 4.92. The van der Waals surface area contributed by atoms with Crippen LogP contribution in [0, 0.1) is 0 Å². The molecular weight excluding hydrogens is 320 g/mol. The van der Waals surface area contributed by atoms with Crippen LogP contribution in [0.15, 0.2) is 47.3 Å². The van der Waals surface area contributed by atoms with E-state index in [-0.39, 0.29) is 17.9 Å². The maximum absolute atomic E-state index is 12.9. The molecule has 0 aliphatic carbocycles. The second kappa shape index (κ2) is 6.43. The molecule has 2 N–H and O–H groups in total. The Morgan fingerprint density at radius 2 is 2.20 bits per heavy atom. The number of furan rings is 1. The van der Waals surface area contributed by atoms with Crippen molar-refractivity contribution in [1.82, 2.24) is 20.4 Å². The molecule has 0 bridgehead atoms. The summed E-state index contributed by atoms with van der Waals surface area (Å²) in [6, 6.07) is 9.16. The van der Waals surface area contributed by atoms with Gasteiger partial charge in [0.05, 0.1) is 17.3 Å². The van der Waals surface area contributed by atoms with Gasteiger partial charge < -0.3 is 14.6 Å². The van der Waals surface area contributed by atoms with Crippen LogP contribution in [0.1, 0.15) is 33.7 Å². The van der Waals surface area contributed by atoms with Crippen LogP contribution in [0.3, 0.4) is 0 Å². The molecule has 3 heterocycles. The SMILES string of the molecule is O=C(NC[C@@H]1CCCN1C(=O)c1n[nH]c2ccccc12)c1ccoc1. The largest absolute Gasteiger partial charge is 0.472 e. The first-order valence-corrected chi connectivity index (χ1v) is 8.28. The third kappa shape index (κ3) is 2.88. The maximum Gasteiger partial charge on any atom is 0.275 e. The van der Waals surface area contributed by atoms with E-state index in [0.717, 1.165) is 23.7 Å². The Balaban J connectivity index is 1.47. The van der Waals surface area contributed by atoms with Crippen molar-refractivity contribution < 1.29 is 14.0 Å².